The second-order valence-corrected chi connectivity index (χ2v) is 13.2. The van der Waals surface area contributed by atoms with Crippen LogP contribution in [0.25, 0.3) is 11.3 Å². The predicted molar refractivity (Wildman–Crippen MR) is 154 cm³/mol. The van der Waals surface area contributed by atoms with Crippen LogP contribution >= 0.6 is 0 Å². The van der Waals surface area contributed by atoms with Gasteiger partial charge in [0, 0.05) is 17.2 Å². The molecule has 40 heavy (non-hydrogen) atoms. The highest BCUT2D eigenvalue weighted by atomic mass is 32.2. The van der Waals surface area contributed by atoms with E-state index in [0.717, 1.165) is 48.8 Å². The Balaban J connectivity index is 1.48. The number of amides is 1. The SMILES string of the molecule is Cc1cccc(C)c1-c1cc2nc(n1)NS(=O)(=O)c1cccc(c1)C(=O)N[C@H](CC1CCCCC1)[C@@H](C1CC1)O2. The van der Waals surface area contributed by atoms with Gasteiger partial charge in [0.25, 0.3) is 15.9 Å². The van der Waals surface area contributed by atoms with E-state index in [1.807, 2.05) is 32.0 Å². The first-order valence-corrected chi connectivity index (χ1v) is 15.8. The molecule has 0 spiro atoms. The number of sulfonamides is 1. The van der Waals surface area contributed by atoms with Gasteiger partial charge in [-0.3, -0.25) is 4.79 Å². The number of nitrogens with one attached hydrogen (secondary N) is 2. The van der Waals surface area contributed by atoms with Gasteiger partial charge < -0.3 is 10.1 Å². The quantitative estimate of drug-likeness (QED) is 0.417. The summed E-state index contributed by atoms with van der Waals surface area (Å²) in [7, 11) is -4.07. The van der Waals surface area contributed by atoms with E-state index in [1.54, 1.807) is 18.2 Å². The van der Waals surface area contributed by atoms with Crippen molar-refractivity contribution in [3.8, 4) is 17.1 Å². The highest BCUT2D eigenvalue weighted by Gasteiger charge is 2.41. The lowest BCUT2D eigenvalue weighted by Gasteiger charge is -2.33. The van der Waals surface area contributed by atoms with E-state index in [9.17, 15) is 13.2 Å². The van der Waals surface area contributed by atoms with Crippen LogP contribution in [0.5, 0.6) is 5.88 Å². The fourth-order valence-corrected chi connectivity index (χ4v) is 7.23. The van der Waals surface area contributed by atoms with Crippen molar-refractivity contribution in [3.63, 3.8) is 0 Å². The number of nitrogens with zero attached hydrogens (tertiary/aromatic N) is 2. The number of carbonyl (C=O) groups is 1. The number of aryl methyl sites for hydroxylation is 2. The minimum Gasteiger partial charge on any atom is -0.472 e. The molecule has 2 aliphatic carbocycles. The van der Waals surface area contributed by atoms with Crippen molar-refractivity contribution in [2.75, 3.05) is 4.72 Å². The number of fused-ring (bicyclic) bond motifs is 4. The fourth-order valence-electron chi connectivity index (χ4n) is 6.24. The molecule has 2 aromatic carbocycles. The molecule has 9 heteroatoms. The van der Waals surface area contributed by atoms with E-state index < -0.39 is 10.0 Å². The maximum atomic E-state index is 13.5. The maximum absolute atomic E-state index is 13.5. The van der Waals surface area contributed by atoms with Gasteiger partial charge in [-0.25, -0.2) is 18.1 Å². The molecule has 2 atom stereocenters. The summed E-state index contributed by atoms with van der Waals surface area (Å²) in [5.74, 6) is 0.761. The molecule has 8 nitrogen and oxygen atoms in total. The van der Waals surface area contributed by atoms with Crippen LogP contribution in [-0.2, 0) is 10.0 Å². The molecule has 0 radical (unpaired) electrons. The summed E-state index contributed by atoms with van der Waals surface area (Å²) in [6.45, 7) is 4.01. The van der Waals surface area contributed by atoms with E-state index in [-0.39, 0.29) is 28.9 Å². The van der Waals surface area contributed by atoms with Crippen LogP contribution in [0.4, 0.5) is 5.95 Å². The van der Waals surface area contributed by atoms with E-state index in [4.69, 9.17) is 4.74 Å². The Morgan fingerprint density at radius 2 is 1.65 bits per heavy atom. The Morgan fingerprint density at radius 1 is 0.925 bits per heavy atom. The molecule has 2 saturated carbocycles. The number of carbonyl (C=O) groups excluding carboxylic acids is 1. The normalized spacial score (nSPS) is 23.0. The Labute approximate surface area is 236 Å². The van der Waals surface area contributed by atoms with Crippen LogP contribution in [0.1, 0.15) is 72.9 Å². The van der Waals surface area contributed by atoms with Gasteiger partial charge in [-0.2, -0.15) is 4.98 Å². The first-order chi connectivity index (χ1) is 19.3. The second kappa shape index (κ2) is 10.8. The maximum Gasteiger partial charge on any atom is 0.264 e. The average molecular weight is 561 g/mol. The average Bonchev–Trinajstić information content (AvgIpc) is 3.77. The number of benzene rings is 2. The van der Waals surface area contributed by atoms with Crippen molar-refractivity contribution >= 4 is 21.9 Å². The number of hydrogen-bond acceptors (Lipinski definition) is 6. The molecule has 0 saturated heterocycles. The molecule has 2 N–H and O–H groups in total. The first kappa shape index (κ1) is 26.7. The third kappa shape index (κ3) is 5.70. The molecule has 210 valence electrons. The smallest absolute Gasteiger partial charge is 0.264 e. The lowest BCUT2D eigenvalue weighted by atomic mass is 9.83. The Morgan fingerprint density at radius 3 is 2.38 bits per heavy atom. The van der Waals surface area contributed by atoms with Crippen molar-refractivity contribution in [2.45, 2.75) is 82.3 Å². The minimum atomic E-state index is -4.07. The number of anilines is 1. The molecule has 2 heterocycles. The lowest BCUT2D eigenvalue weighted by molar-refractivity contribution is 0.0778. The van der Waals surface area contributed by atoms with Gasteiger partial charge in [0.2, 0.25) is 11.8 Å². The molecular weight excluding hydrogens is 524 g/mol. The number of hydrogen-bond donors (Lipinski definition) is 2. The topological polar surface area (TPSA) is 110 Å². The third-order valence-electron chi connectivity index (χ3n) is 8.44. The van der Waals surface area contributed by atoms with Crippen LogP contribution in [0.2, 0.25) is 0 Å². The summed E-state index contributed by atoms with van der Waals surface area (Å²) >= 11 is 0. The molecular formula is C31H36N4O4S. The zero-order valence-electron chi connectivity index (χ0n) is 23.0. The molecule has 0 unspecified atom stereocenters. The van der Waals surface area contributed by atoms with E-state index in [2.05, 4.69) is 20.0 Å². The van der Waals surface area contributed by atoms with Gasteiger partial charge in [0.05, 0.1) is 16.6 Å². The van der Waals surface area contributed by atoms with Gasteiger partial charge in [-0.1, -0.05) is 56.4 Å². The van der Waals surface area contributed by atoms with Crippen LogP contribution in [0.15, 0.2) is 53.4 Å². The highest BCUT2D eigenvalue weighted by molar-refractivity contribution is 7.92. The predicted octanol–water partition coefficient (Wildman–Crippen LogP) is 5.80. The molecule has 6 rings (SSSR count). The summed E-state index contributed by atoms with van der Waals surface area (Å²) in [4.78, 5) is 22.7. The van der Waals surface area contributed by atoms with Crippen molar-refractivity contribution in [3.05, 3.63) is 65.2 Å². The number of aromatic nitrogens is 2. The minimum absolute atomic E-state index is 0.0227. The van der Waals surface area contributed by atoms with E-state index >= 15 is 0 Å². The second-order valence-electron chi connectivity index (χ2n) is 11.6. The van der Waals surface area contributed by atoms with Gasteiger partial charge in [-0.15, -0.1) is 0 Å². The van der Waals surface area contributed by atoms with Crippen LogP contribution in [0.3, 0.4) is 0 Å². The highest BCUT2D eigenvalue weighted by Crippen LogP contribution is 2.40. The Kier molecular flexibility index (Phi) is 7.25. The molecule has 1 aliphatic heterocycles. The number of rotatable bonds is 4. The lowest BCUT2D eigenvalue weighted by Crippen LogP contribution is -2.48. The molecule has 1 amide bonds. The fraction of sp³-hybridized carbons (Fsp3) is 0.452. The van der Waals surface area contributed by atoms with Crippen molar-refractivity contribution in [2.24, 2.45) is 11.8 Å². The van der Waals surface area contributed by atoms with E-state index in [1.165, 1.54) is 31.4 Å². The largest absolute Gasteiger partial charge is 0.472 e. The van der Waals surface area contributed by atoms with Gasteiger partial charge in [-0.05, 0) is 74.3 Å². The summed E-state index contributed by atoms with van der Waals surface area (Å²) in [5.41, 5.74) is 3.84. The van der Waals surface area contributed by atoms with Crippen LogP contribution < -0.4 is 14.8 Å². The Hall–Kier alpha value is -3.46. The first-order valence-electron chi connectivity index (χ1n) is 14.3. The summed E-state index contributed by atoms with van der Waals surface area (Å²) in [6.07, 6.45) is 8.56. The van der Waals surface area contributed by atoms with Crippen LogP contribution in [-0.4, -0.2) is 36.4 Å². The van der Waals surface area contributed by atoms with Crippen LogP contribution in [0, 0.1) is 25.7 Å². The monoisotopic (exact) mass is 560 g/mol. The summed E-state index contributed by atoms with van der Waals surface area (Å²) in [6, 6.07) is 13.7. The number of ether oxygens (including phenoxy) is 1. The summed E-state index contributed by atoms with van der Waals surface area (Å²) < 4.78 is 36.0. The van der Waals surface area contributed by atoms with Crippen molar-refractivity contribution in [1.29, 1.82) is 0 Å². The van der Waals surface area contributed by atoms with E-state index in [0.29, 0.717) is 29.0 Å². The van der Waals surface area contributed by atoms with Gasteiger partial charge in [0.15, 0.2) is 0 Å². The van der Waals surface area contributed by atoms with Gasteiger partial charge in [0.1, 0.15) is 6.10 Å². The summed E-state index contributed by atoms with van der Waals surface area (Å²) in [5, 5.41) is 3.26. The molecule has 2 fully saturated rings. The van der Waals surface area contributed by atoms with Crippen molar-refractivity contribution < 1.29 is 17.9 Å². The zero-order chi connectivity index (χ0) is 27.9. The van der Waals surface area contributed by atoms with Crippen molar-refractivity contribution in [1.82, 2.24) is 15.3 Å². The molecule has 4 bridgehead atoms. The molecule has 1 aromatic heterocycles. The van der Waals surface area contributed by atoms with Gasteiger partial charge >= 0.3 is 0 Å². The Bertz CT molecular complexity index is 1510. The molecule has 3 aliphatic rings. The zero-order valence-corrected chi connectivity index (χ0v) is 23.8. The standard InChI is InChI=1S/C31H36N4O4S/c1-19-8-6-9-20(2)28(19)25-18-27-34-31(33-25)35-40(37,38)24-13-7-12-23(17-24)30(36)32-26(29(39-27)22-14-15-22)16-21-10-4-3-5-11-21/h6-9,12-13,17-18,21-22,26,29H,3-5,10-11,14-16H2,1-2H3,(H,32,36)(H,33,34,35)/t26-,29-/m1/s1. The third-order valence-corrected chi connectivity index (χ3v) is 9.77. The molecule has 3 aromatic rings.